The summed E-state index contributed by atoms with van der Waals surface area (Å²) in [6.45, 7) is 0.304. The quantitative estimate of drug-likeness (QED) is 0.223. The Morgan fingerprint density at radius 2 is 1.85 bits per heavy atom. The fourth-order valence-corrected chi connectivity index (χ4v) is 0.857. The van der Waals surface area contributed by atoms with Crippen molar-refractivity contribution in [1.29, 1.82) is 0 Å². The second-order valence-corrected chi connectivity index (χ2v) is 4.41. The van der Waals surface area contributed by atoms with E-state index >= 15 is 0 Å². The predicted octanol–water partition coefficient (Wildman–Crippen LogP) is -2.84. The Hall–Kier alpha value is 1.41. The molecule has 0 aliphatic carbocycles. The Balaban J connectivity index is 0. The van der Waals surface area contributed by atoms with Crippen molar-refractivity contribution in [2.75, 3.05) is 25.5 Å². The summed E-state index contributed by atoms with van der Waals surface area (Å²) < 4.78 is 35.7. The predicted molar refractivity (Wildman–Crippen MR) is 43.8 cm³/mol. The summed E-state index contributed by atoms with van der Waals surface area (Å²) in [4.78, 5) is 0. The van der Waals surface area contributed by atoms with Crippen molar-refractivity contribution < 1.29 is 47.3 Å². The normalized spacial score (nSPS) is 11.4. The molecule has 0 unspecified atom stereocenters. The molecule has 0 amide bonds. The van der Waals surface area contributed by atoms with E-state index in [0.717, 1.165) is 3.94 Å². The summed E-state index contributed by atoms with van der Waals surface area (Å²) in [6.07, 6.45) is 0. The molecule has 0 aliphatic rings. The van der Waals surface area contributed by atoms with Crippen molar-refractivity contribution in [3.63, 3.8) is 0 Å². The van der Waals surface area contributed by atoms with Crippen LogP contribution in [0.4, 0.5) is 0 Å². The van der Waals surface area contributed by atoms with Crippen LogP contribution in [0, 0.1) is 0 Å². The Bertz CT molecular complexity index is 210. The number of nitrogens with zero attached hydrogens (tertiary/aromatic N) is 1. The molecule has 0 aromatic carbocycles. The van der Waals surface area contributed by atoms with Crippen LogP contribution in [-0.4, -0.2) is 42.4 Å². The molecule has 0 spiro atoms. The molecule has 0 aromatic rings. The minimum atomic E-state index is -4.18. The van der Waals surface area contributed by atoms with Gasteiger partial charge in [-0.15, -0.1) is 3.94 Å². The van der Waals surface area contributed by atoms with Crippen molar-refractivity contribution in [3.05, 3.63) is 0 Å². The third-order valence-corrected chi connectivity index (χ3v) is 1.89. The van der Waals surface area contributed by atoms with E-state index in [1.807, 2.05) is 0 Å². The summed E-state index contributed by atoms with van der Waals surface area (Å²) >= 11 is 10.4. The largest absolute Gasteiger partial charge is 1.00 e. The van der Waals surface area contributed by atoms with Crippen LogP contribution < -0.4 is 29.6 Å². The van der Waals surface area contributed by atoms with Crippen molar-refractivity contribution in [3.8, 4) is 0 Å². The van der Waals surface area contributed by atoms with Crippen LogP contribution in [0.25, 0.3) is 0 Å². The summed E-state index contributed by atoms with van der Waals surface area (Å²) in [5.74, 6) is -0.530. The zero-order chi connectivity index (χ0) is 9.61. The third-order valence-electron chi connectivity index (χ3n) is 0.882. The van der Waals surface area contributed by atoms with Crippen LogP contribution in [-0.2, 0) is 14.9 Å². The molecule has 0 saturated carbocycles. The molecule has 0 rings (SSSR count). The van der Waals surface area contributed by atoms with Gasteiger partial charge in [-0.1, -0.05) is 0 Å². The molecule has 0 heterocycles. The zero-order valence-corrected chi connectivity index (χ0v) is 11.4. The summed E-state index contributed by atoms with van der Waals surface area (Å²) in [5.41, 5.74) is 0. The average molecular weight is 260 g/mol. The van der Waals surface area contributed by atoms with Crippen LogP contribution in [0.15, 0.2) is 0 Å². The molecule has 0 aromatic heterocycles. The topological polar surface area (TPSA) is 69.7 Å². The Labute approximate surface area is 110 Å². The van der Waals surface area contributed by atoms with Gasteiger partial charge in [-0.2, -0.15) is 0 Å². The summed E-state index contributed by atoms with van der Waals surface area (Å²) in [7, 11) is -4.18. The van der Waals surface area contributed by atoms with Crippen LogP contribution in [0.1, 0.15) is 0 Å². The van der Waals surface area contributed by atoms with Gasteiger partial charge in [0.25, 0.3) is 0 Å². The van der Waals surface area contributed by atoms with Crippen LogP contribution in [0.3, 0.4) is 0 Å². The molecule has 0 atom stereocenters. The van der Waals surface area contributed by atoms with Gasteiger partial charge in [0.2, 0.25) is 0 Å². The van der Waals surface area contributed by atoms with E-state index in [0.29, 0.717) is 0 Å². The molecule has 74 valence electrons. The molecule has 0 aliphatic heterocycles. The molecule has 0 fully saturated rings. The second kappa shape index (κ2) is 8.70. The monoisotopic (exact) mass is 259 g/mol. The summed E-state index contributed by atoms with van der Waals surface area (Å²) in [6, 6.07) is 0. The van der Waals surface area contributed by atoms with Crippen molar-refractivity contribution in [1.82, 2.24) is 3.94 Å². The van der Waals surface area contributed by atoms with Crippen molar-refractivity contribution in [2.24, 2.45) is 0 Å². The molecule has 9 heteroatoms. The van der Waals surface area contributed by atoms with E-state index in [1.165, 1.54) is 0 Å². The number of hydrogen-bond acceptors (Lipinski definition) is 5. The number of hydrogen-bond donors (Lipinski definition) is 0. The fourth-order valence-electron chi connectivity index (χ4n) is 0.397. The first-order chi connectivity index (χ1) is 5.42. The van der Waals surface area contributed by atoms with Gasteiger partial charge in [0.05, 0.1) is 35.6 Å². The molecule has 0 saturated heterocycles. The van der Waals surface area contributed by atoms with Gasteiger partial charge in [-0.05, 0) is 23.6 Å². The van der Waals surface area contributed by atoms with Gasteiger partial charge in [0.15, 0.2) is 0 Å². The van der Waals surface area contributed by atoms with Crippen molar-refractivity contribution in [2.45, 2.75) is 0 Å². The maximum absolute atomic E-state index is 10.0. The second-order valence-electron chi connectivity index (χ2n) is 1.90. The minimum Gasteiger partial charge on any atom is -0.748 e. The van der Waals surface area contributed by atoms with Gasteiger partial charge in [-0.3, -0.25) is 0 Å². The molecular formula is C4H8Cl2NNaO4S. The average Bonchev–Trinajstić information content (AvgIpc) is 1.83. The Kier molecular flexibility index (Phi) is 11.3. The standard InChI is InChI=1S/C4H9Cl2NO4S.Na/c5-7(6)1-2-11-3-4-12(8,9)10;/h1-4H2,(H,8,9,10);/q;+1/p-1. The minimum absolute atomic E-state index is 0. The molecule has 13 heavy (non-hydrogen) atoms. The first-order valence-electron chi connectivity index (χ1n) is 3.02. The third kappa shape index (κ3) is 16.1. The van der Waals surface area contributed by atoms with E-state index < -0.39 is 15.9 Å². The molecular weight excluding hydrogens is 252 g/mol. The maximum atomic E-state index is 10.0. The number of rotatable bonds is 6. The zero-order valence-electron chi connectivity index (χ0n) is 7.07. The first kappa shape index (κ1) is 16.8. The van der Waals surface area contributed by atoms with E-state index in [1.54, 1.807) is 0 Å². The Morgan fingerprint density at radius 3 is 2.23 bits per heavy atom. The van der Waals surface area contributed by atoms with Gasteiger partial charge in [-0.25, -0.2) is 8.42 Å². The van der Waals surface area contributed by atoms with Crippen LogP contribution in [0.2, 0.25) is 0 Å². The maximum Gasteiger partial charge on any atom is 1.00 e. The molecule has 0 radical (unpaired) electrons. The smallest absolute Gasteiger partial charge is 0.748 e. The van der Waals surface area contributed by atoms with Gasteiger partial charge in [0, 0.05) is 0 Å². The van der Waals surface area contributed by atoms with Crippen LogP contribution in [0.5, 0.6) is 0 Å². The molecule has 0 bridgehead atoms. The van der Waals surface area contributed by atoms with Crippen molar-refractivity contribution >= 4 is 33.7 Å². The van der Waals surface area contributed by atoms with E-state index in [2.05, 4.69) is 0 Å². The molecule has 0 N–H and O–H groups in total. The van der Waals surface area contributed by atoms with Gasteiger partial charge < -0.3 is 9.29 Å². The van der Waals surface area contributed by atoms with Gasteiger partial charge in [0.1, 0.15) is 0 Å². The Morgan fingerprint density at radius 1 is 1.31 bits per heavy atom. The fraction of sp³-hybridized carbons (Fsp3) is 1.00. The van der Waals surface area contributed by atoms with E-state index in [4.69, 9.17) is 28.3 Å². The molecule has 5 nitrogen and oxygen atoms in total. The van der Waals surface area contributed by atoms with E-state index in [-0.39, 0.29) is 49.3 Å². The number of halogens is 2. The SMILES string of the molecule is O=S(=O)([O-])CCOCCN(Cl)Cl.[Na+]. The first-order valence-corrected chi connectivity index (χ1v) is 5.27. The van der Waals surface area contributed by atoms with Crippen LogP contribution >= 0.6 is 23.6 Å². The number of ether oxygens (including phenoxy) is 1. The van der Waals surface area contributed by atoms with Gasteiger partial charge >= 0.3 is 29.6 Å². The summed E-state index contributed by atoms with van der Waals surface area (Å²) in [5, 5.41) is 0. The van der Waals surface area contributed by atoms with E-state index in [9.17, 15) is 13.0 Å².